The zero-order valence-corrected chi connectivity index (χ0v) is 28.8. The van der Waals surface area contributed by atoms with E-state index in [1.807, 2.05) is 69.0 Å². The predicted molar refractivity (Wildman–Crippen MR) is 184 cm³/mol. The molecule has 1 aliphatic heterocycles. The van der Waals surface area contributed by atoms with Crippen molar-refractivity contribution in [2.75, 3.05) is 47.7 Å². The highest BCUT2D eigenvalue weighted by Crippen LogP contribution is 2.50. The lowest BCUT2D eigenvalue weighted by atomic mass is 9.80. The normalized spacial score (nSPS) is 17.5. The molecular formula is C32H41N5O8S2. The van der Waals surface area contributed by atoms with E-state index in [9.17, 15) is 35.5 Å². The smallest absolute Gasteiger partial charge is 0.318 e. The Labute approximate surface area is 275 Å². The van der Waals surface area contributed by atoms with Gasteiger partial charge in [0.25, 0.3) is 20.2 Å². The molecule has 4 rings (SSSR count). The molecule has 0 unspecified atom stereocenters. The summed E-state index contributed by atoms with van der Waals surface area (Å²) in [6.07, 6.45) is 5.58. The van der Waals surface area contributed by atoms with Crippen molar-refractivity contribution in [1.29, 1.82) is 0 Å². The lowest BCUT2D eigenvalue weighted by molar-refractivity contribution is 0.253. The molecule has 0 atom stereocenters. The van der Waals surface area contributed by atoms with Crippen molar-refractivity contribution in [3.8, 4) is 0 Å². The second kappa shape index (κ2) is 13.1. The van der Waals surface area contributed by atoms with Gasteiger partial charge in [-0.2, -0.15) is 16.8 Å². The first kappa shape index (κ1) is 35.7. The monoisotopic (exact) mass is 687 g/mol. The van der Waals surface area contributed by atoms with Gasteiger partial charge in [-0.05, 0) is 70.7 Å². The zero-order valence-electron chi connectivity index (χ0n) is 27.1. The second-order valence-corrected chi connectivity index (χ2v) is 15.6. The number of allylic oxidation sites excluding steroid dienone is 6. The van der Waals surface area contributed by atoms with Gasteiger partial charge in [-0.15, -0.1) is 0 Å². The third kappa shape index (κ3) is 7.87. The largest absolute Gasteiger partial charge is 0.343 e. The number of nitrogens with one attached hydrogen (secondary N) is 4. The first-order chi connectivity index (χ1) is 21.8. The molecule has 13 nitrogen and oxygen atoms in total. The Hall–Kier alpha value is -4.18. The fourth-order valence-corrected chi connectivity index (χ4v) is 7.08. The number of urea groups is 2. The van der Waals surface area contributed by atoms with Gasteiger partial charge in [-0.3, -0.25) is 9.11 Å². The van der Waals surface area contributed by atoms with Crippen molar-refractivity contribution in [2.24, 2.45) is 0 Å². The van der Waals surface area contributed by atoms with E-state index in [-0.39, 0.29) is 19.0 Å². The molecule has 2 aromatic rings. The molecule has 0 saturated heterocycles. The highest BCUT2D eigenvalue weighted by atomic mass is 32.2. The number of nitrogens with zero attached hydrogens (tertiary/aromatic N) is 1. The summed E-state index contributed by atoms with van der Waals surface area (Å²) in [5.41, 5.74) is 5.30. The van der Waals surface area contributed by atoms with Crippen LogP contribution in [-0.4, -0.2) is 70.1 Å². The van der Waals surface area contributed by atoms with Crippen molar-refractivity contribution < 1.29 is 35.5 Å². The molecule has 47 heavy (non-hydrogen) atoms. The Balaban J connectivity index is 1.80. The summed E-state index contributed by atoms with van der Waals surface area (Å²) in [6, 6.07) is 9.93. The molecule has 254 valence electrons. The molecule has 2 aromatic carbocycles. The summed E-state index contributed by atoms with van der Waals surface area (Å²) in [5, 5.41) is 10.5. The van der Waals surface area contributed by atoms with Crippen molar-refractivity contribution in [3.63, 3.8) is 0 Å². The van der Waals surface area contributed by atoms with Gasteiger partial charge < -0.3 is 26.2 Å². The minimum Gasteiger partial charge on any atom is -0.343 e. The van der Waals surface area contributed by atoms with Crippen LogP contribution >= 0.6 is 0 Å². The van der Waals surface area contributed by atoms with Crippen LogP contribution in [0.3, 0.4) is 0 Å². The van der Waals surface area contributed by atoms with E-state index in [1.54, 1.807) is 18.2 Å². The maximum Gasteiger partial charge on any atom is 0.318 e. The summed E-state index contributed by atoms with van der Waals surface area (Å²) in [5.74, 6) is -0.992. The van der Waals surface area contributed by atoms with Crippen LogP contribution in [-0.2, 0) is 31.1 Å². The molecule has 0 fully saturated rings. The maximum absolute atomic E-state index is 12.0. The number of hydrogen-bond donors (Lipinski definition) is 6. The molecule has 1 aliphatic carbocycles. The van der Waals surface area contributed by atoms with Gasteiger partial charge in [0.15, 0.2) is 0 Å². The van der Waals surface area contributed by atoms with E-state index >= 15 is 0 Å². The molecular weight excluding hydrogens is 647 g/mol. The van der Waals surface area contributed by atoms with Crippen LogP contribution in [0.2, 0.25) is 0 Å². The lowest BCUT2D eigenvalue weighted by Crippen LogP contribution is -2.30. The Bertz CT molecular complexity index is 1910. The van der Waals surface area contributed by atoms with E-state index in [0.29, 0.717) is 11.4 Å². The Morgan fingerprint density at radius 1 is 0.809 bits per heavy atom. The quantitative estimate of drug-likeness (QED) is 0.193. The molecule has 15 heteroatoms. The molecule has 0 spiro atoms. The first-order valence-corrected chi connectivity index (χ1v) is 18.1. The van der Waals surface area contributed by atoms with Gasteiger partial charge >= 0.3 is 12.1 Å². The third-order valence-electron chi connectivity index (χ3n) is 8.58. The molecule has 0 radical (unpaired) electrons. The molecule has 4 amide bonds. The zero-order chi connectivity index (χ0) is 34.9. The van der Waals surface area contributed by atoms with E-state index in [1.165, 1.54) is 14.1 Å². The first-order valence-electron chi connectivity index (χ1n) is 14.9. The van der Waals surface area contributed by atoms with Crippen LogP contribution in [0.15, 0.2) is 65.9 Å². The van der Waals surface area contributed by atoms with E-state index in [4.69, 9.17) is 0 Å². The molecule has 6 N–H and O–H groups in total. The number of carbonyl (C=O) groups is 2. The summed E-state index contributed by atoms with van der Waals surface area (Å²) in [4.78, 5) is 25.8. The minimum absolute atomic E-state index is 0.0302. The molecule has 0 bridgehead atoms. The van der Waals surface area contributed by atoms with E-state index in [0.717, 1.165) is 39.2 Å². The van der Waals surface area contributed by atoms with Gasteiger partial charge in [0.05, 0.1) is 11.5 Å². The number of benzene rings is 2. The van der Waals surface area contributed by atoms with Gasteiger partial charge in [0.1, 0.15) is 0 Å². The molecule has 0 saturated carbocycles. The van der Waals surface area contributed by atoms with Crippen molar-refractivity contribution >= 4 is 54.9 Å². The second-order valence-electron chi connectivity index (χ2n) is 12.4. The fraction of sp³-hybridized carbons (Fsp3) is 0.375. The van der Waals surface area contributed by atoms with Crippen LogP contribution in [0.25, 0.3) is 5.57 Å². The summed E-state index contributed by atoms with van der Waals surface area (Å²) >= 11 is 0. The van der Waals surface area contributed by atoms with Gasteiger partial charge in [0.2, 0.25) is 0 Å². The van der Waals surface area contributed by atoms with Crippen LogP contribution in [0.5, 0.6) is 0 Å². The van der Waals surface area contributed by atoms with Crippen LogP contribution in [0.1, 0.15) is 50.8 Å². The maximum atomic E-state index is 12.0. The van der Waals surface area contributed by atoms with Gasteiger partial charge in [-0.25, -0.2) is 9.59 Å². The number of carbonyl (C=O) groups excluding carboxylic acids is 2. The molecule has 0 aromatic heterocycles. The Morgan fingerprint density at radius 3 is 1.91 bits per heavy atom. The molecule has 1 heterocycles. The Morgan fingerprint density at radius 2 is 1.36 bits per heavy atom. The molecule has 2 aliphatic rings. The van der Waals surface area contributed by atoms with Crippen LogP contribution in [0.4, 0.5) is 26.7 Å². The fourth-order valence-electron chi connectivity index (χ4n) is 6.20. The van der Waals surface area contributed by atoms with Crippen molar-refractivity contribution in [2.45, 2.75) is 44.9 Å². The predicted octanol–water partition coefficient (Wildman–Crippen LogP) is 4.64. The SMILES string of the molecule is CNC(=O)Nc1ccc2c(c1)C(C)(C)C(C=C/C=C1/N(CCS(=O)(=O)O)c3ccc(NC(=O)NC)cc3C1(C)C)=C2CCS(=O)(=O)O. The highest BCUT2D eigenvalue weighted by Gasteiger charge is 2.41. The van der Waals surface area contributed by atoms with Gasteiger partial charge in [0, 0.05) is 54.2 Å². The Kier molecular flexibility index (Phi) is 9.97. The average Bonchev–Trinajstić information content (AvgIpc) is 3.32. The number of anilines is 3. The minimum atomic E-state index is -4.28. The summed E-state index contributed by atoms with van der Waals surface area (Å²) in [6.45, 7) is 7.87. The van der Waals surface area contributed by atoms with Crippen molar-refractivity contribution in [3.05, 3.63) is 82.6 Å². The van der Waals surface area contributed by atoms with Crippen LogP contribution in [0, 0.1) is 0 Å². The topological polar surface area (TPSA) is 194 Å². The average molecular weight is 688 g/mol. The third-order valence-corrected chi connectivity index (χ3v) is 10.00. The van der Waals surface area contributed by atoms with E-state index in [2.05, 4.69) is 21.3 Å². The number of rotatable bonds is 10. The summed E-state index contributed by atoms with van der Waals surface area (Å²) < 4.78 is 66.2. The summed E-state index contributed by atoms with van der Waals surface area (Å²) in [7, 11) is -5.53. The number of amides is 4. The lowest BCUT2D eigenvalue weighted by Gasteiger charge is -2.27. The van der Waals surface area contributed by atoms with Gasteiger partial charge in [-0.1, -0.05) is 45.9 Å². The number of hydrogen-bond acceptors (Lipinski definition) is 7. The number of fused-ring (bicyclic) bond motifs is 2. The highest BCUT2D eigenvalue weighted by molar-refractivity contribution is 7.86. The van der Waals surface area contributed by atoms with Crippen LogP contribution < -0.4 is 26.2 Å². The van der Waals surface area contributed by atoms with E-state index < -0.39 is 48.6 Å². The van der Waals surface area contributed by atoms with Crippen molar-refractivity contribution in [1.82, 2.24) is 10.6 Å². The standard InChI is InChI=1S/C32H41N5O8S2/c1-31(2)24(23(14-16-46(40,41)42)22-12-10-20(18-25(22)31)35-29(38)33-5)8-7-9-28-32(3,4)26-19-21(36-30(39)34-6)11-13-27(26)37(28)15-17-47(43,44)45/h7-13,18-19H,14-17H2,1-6H3,(H2,33,35,38)(H2,34,36,39)(H,40,41,42)(H,43,44,45)/b8-7?,28-9+.